The average molecular weight is 284 g/mol. The SMILES string of the molecule is O=C(C#CN1CCCC1)c1cc(Br)cs1. The summed E-state index contributed by atoms with van der Waals surface area (Å²) >= 11 is 4.74. The van der Waals surface area contributed by atoms with Gasteiger partial charge in [-0.25, -0.2) is 0 Å². The van der Waals surface area contributed by atoms with Crippen LogP contribution in [0, 0.1) is 12.0 Å². The molecule has 0 N–H and O–H groups in total. The summed E-state index contributed by atoms with van der Waals surface area (Å²) in [6.45, 7) is 1.99. The van der Waals surface area contributed by atoms with Crippen LogP contribution in [0.2, 0.25) is 0 Å². The highest BCUT2D eigenvalue weighted by Gasteiger charge is 2.08. The van der Waals surface area contributed by atoms with Crippen LogP contribution in [0.15, 0.2) is 15.9 Å². The van der Waals surface area contributed by atoms with Crippen molar-refractivity contribution in [2.75, 3.05) is 13.1 Å². The van der Waals surface area contributed by atoms with E-state index in [4.69, 9.17) is 0 Å². The summed E-state index contributed by atoms with van der Waals surface area (Å²) in [6.07, 6.45) is 2.38. The number of nitrogens with zero attached hydrogens (tertiary/aromatic N) is 1. The molecular weight excluding hydrogens is 274 g/mol. The summed E-state index contributed by atoms with van der Waals surface area (Å²) in [5.74, 6) is 2.60. The van der Waals surface area contributed by atoms with E-state index in [1.54, 1.807) is 0 Å². The number of rotatable bonds is 1. The Hall–Kier alpha value is -0.790. The fraction of sp³-hybridized carbons (Fsp3) is 0.364. The van der Waals surface area contributed by atoms with Crippen LogP contribution in [-0.4, -0.2) is 23.8 Å². The minimum atomic E-state index is -0.0856. The van der Waals surface area contributed by atoms with Gasteiger partial charge >= 0.3 is 0 Å². The lowest BCUT2D eigenvalue weighted by molar-refractivity contribution is 0.105. The Morgan fingerprint density at radius 3 is 2.80 bits per heavy atom. The number of carbonyl (C=O) groups is 1. The molecule has 15 heavy (non-hydrogen) atoms. The molecule has 0 radical (unpaired) electrons. The molecule has 1 aromatic heterocycles. The van der Waals surface area contributed by atoms with Gasteiger partial charge in [0.15, 0.2) is 0 Å². The second-order valence-electron chi connectivity index (χ2n) is 3.39. The molecule has 0 aliphatic carbocycles. The standard InChI is InChI=1S/C11H10BrNOS/c12-9-7-11(15-8-9)10(14)3-6-13-4-1-2-5-13/h7-8H,1-2,4-5H2. The highest BCUT2D eigenvalue weighted by Crippen LogP contribution is 2.19. The first-order valence-corrected chi connectivity index (χ1v) is 6.48. The molecule has 1 aliphatic rings. The predicted molar refractivity (Wildman–Crippen MR) is 64.9 cm³/mol. The van der Waals surface area contributed by atoms with Gasteiger partial charge in [-0.15, -0.1) is 11.3 Å². The summed E-state index contributed by atoms with van der Waals surface area (Å²) < 4.78 is 0.943. The largest absolute Gasteiger partial charge is 0.332 e. The zero-order valence-corrected chi connectivity index (χ0v) is 10.5. The number of likely N-dealkylation sites (tertiary alicyclic amines) is 1. The molecule has 78 valence electrons. The van der Waals surface area contributed by atoms with E-state index in [2.05, 4.69) is 27.9 Å². The first-order chi connectivity index (χ1) is 7.25. The summed E-state index contributed by atoms with van der Waals surface area (Å²) in [5, 5.41) is 1.89. The molecule has 0 spiro atoms. The highest BCUT2D eigenvalue weighted by atomic mass is 79.9. The Labute approximate surface area is 101 Å². The summed E-state index contributed by atoms with van der Waals surface area (Å²) in [6, 6.07) is 4.73. The van der Waals surface area contributed by atoms with Crippen molar-refractivity contribution in [3.63, 3.8) is 0 Å². The van der Waals surface area contributed by atoms with Crippen LogP contribution < -0.4 is 0 Å². The normalized spacial score (nSPS) is 14.9. The highest BCUT2D eigenvalue weighted by molar-refractivity contribution is 9.10. The van der Waals surface area contributed by atoms with E-state index < -0.39 is 0 Å². The molecule has 1 aliphatic heterocycles. The third-order valence-corrected chi connectivity index (χ3v) is 3.91. The van der Waals surface area contributed by atoms with E-state index in [0.29, 0.717) is 4.88 Å². The van der Waals surface area contributed by atoms with E-state index >= 15 is 0 Å². The van der Waals surface area contributed by atoms with Crippen LogP contribution in [-0.2, 0) is 0 Å². The van der Waals surface area contributed by atoms with Gasteiger partial charge in [-0.1, -0.05) is 0 Å². The van der Waals surface area contributed by atoms with E-state index in [9.17, 15) is 4.79 Å². The molecule has 0 atom stereocenters. The smallest absolute Gasteiger partial charge is 0.247 e. The third kappa shape index (κ3) is 2.83. The number of Topliss-reactive ketones (excluding diaryl/α,β-unsaturated/α-hetero) is 1. The number of carbonyl (C=O) groups excluding carboxylic acids is 1. The zero-order chi connectivity index (χ0) is 10.7. The molecule has 1 fully saturated rings. The van der Waals surface area contributed by atoms with Crippen molar-refractivity contribution >= 4 is 33.0 Å². The van der Waals surface area contributed by atoms with Gasteiger partial charge in [-0.2, -0.15) is 0 Å². The second kappa shape index (κ2) is 4.82. The van der Waals surface area contributed by atoms with Crippen LogP contribution in [0.5, 0.6) is 0 Å². The van der Waals surface area contributed by atoms with Crippen LogP contribution in [0.1, 0.15) is 22.5 Å². The Balaban J connectivity index is 2.02. The summed E-state index contributed by atoms with van der Waals surface area (Å²) in [5.41, 5.74) is 0. The molecule has 1 saturated heterocycles. The van der Waals surface area contributed by atoms with Gasteiger partial charge in [-0.3, -0.25) is 4.79 Å². The van der Waals surface area contributed by atoms with Crippen molar-refractivity contribution in [2.24, 2.45) is 0 Å². The van der Waals surface area contributed by atoms with Gasteiger partial charge in [-0.05, 0) is 34.8 Å². The van der Waals surface area contributed by atoms with Gasteiger partial charge in [0.2, 0.25) is 5.78 Å². The molecule has 0 unspecified atom stereocenters. The van der Waals surface area contributed by atoms with Crippen molar-refractivity contribution in [3.8, 4) is 12.0 Å². The van der Waals surface area contributed by atoms with E-state index in [1.165, 1.54) is 24.2 Å². The third-order valence-electron chi connectivity index (χ3n) is 2.22. The zero-order valence-electron chi connectivity index (χ0n) is 8.12. The lowest BCUT2D eigenvalue weighted by Gasteiger charge is -2.04. The quantitative estimate of drug-likeness (QED) is 0.584. The molecule has 4 heteroatoms. The maximum absolute atomic E-state index is 11.6. The van der Waals surface area contributed by atoms with Crippen molar-refractivity contribution in [1.29, 1.82) is 0 Å². The first kappa shape index (κ1) is 10.7. The Bertz CT molecular complexity index is 423. The number of thiophene rings is 1. The van der Waals surface area contributed by atoms with Gasteiger partial charge in [0.1, 0.15) is 0 Å². The lowest BCUT2D eigenvalue weighted by atomic mass is 10.3. The number of hydrogen-bond donors (Lipinski definition) is 0. The van der Waals surface area contributed by atoms with Crippen molar-refractivity contribution < 1.29 is 4.79 Å². The minimum absolute atomic E-state index is 0.0856. The van der Waals surface area contributed by atoms with Gasteiger partial charge < -0.3 is 4.90 Å². The number of halogens is 1. The van der Waals surface area contributed by atoms with Crippen LogP contribution in [0.3, 0.4) is 0 Å². The Morgan fingerprint density at radius 2 is 2.20 bits per heavy atom. The summed E-state index contributed by atoms with van der Waals surface area (Å²) in [4.78, 5) is 14.3. The number of hydrogen-bond acceptors (Lipinski definition) is 3. The maximum atomic E-state index is 11.6. The molecule has 0 aromatic carbocycles. The molecule has 0 saturated carbocycles. The molecule has 2 nitrogen and oxygen atoms in total. The topological polar surface area (TPSA) is 20.3 Å². The molecule has 2 heterocycles. The minimum Gasteiger partial charge on any atom is -0.332 e. The maximum Gasteiger partial charge on any atom is 0.247 e. The average Bonchev–Trinajstić information content (AvgIpc) is 2.84. The van der Waals surface area contributed by atoms with Crippen molar-refractivity contribution in [2.45, 2.75) is 12.8 Å². The van der Waals surface area contributed by atoms with Crippen molar-refractivity contribution in [1.82, 2.24) is 4.90 Å². The fourth-order valence-corrected chi connectivity index (χ4v) is 2.77. The van der Waals surface area contributed by atoms with E-state index in [0.717, 1.165) is 17.6 Å². The van der Waals surface area contributed by atoms with Crippen LogP contribution in [0.25, 0.3) is 0 Å². The predicted octanol–water partition coefficient (Wildman–Crippen LogP) is 2.75. The van der Waals surface area contributed by atoms with Gasteiger partial charge in [0.25, 0.3) is 0 Å². The molecule has 0 amide bonds. The van der Waals surface area contributed by atoms with Gasteiger partial charge in [0, 0.05) is 34.9 Å². The molecule has 2 rings (SSSR count). The van der Waals surface area contributed by atoms with Crippen LogP contribution >= 0.6 is 27.3 Å². The summed E-state index contributed by atoms with van der Waals surface area (Å²) in [7, 11) is 0. The van der Waals surface area contributed by atoms with Gasteiger partial charge in [0.05, 0.1) is 4.88 Å². The molecule has 0 bridgehead atoms. The van der Waals surface area contributed by atoms with Crippen molar-refractivity contribution in [3.05, 3.63) is 20.8 Å². The Morgan fingerprint density at radius 1 is 1.47 bits per heavy atom. The lowest BCUT2D eigenvalue weighted by Crippen LogP contribution is -2.11. The molecular formula is C11H10BrNOS. The van der Waals surface area contributed by atoms with Crippen LogP contribution in [0.4, 0.5) is 0 Å². The van der Waals surface area contributed by atoms with E-state index in [-0.39, 0.29) is 5.78 Å². The molecule has 1 aromatic rings. The second-order valence-corrected chi connectivity index (χ2v) is 5.22. The monoisotopic (exact) mass is 283 g/mol. The number of ketones is 1. The first-order valence-electron chi connectivity index (χ1n) is 4.81. The Kier molecular flexibility index (Phi) is 3.45. The fourth-order valence-electron chi connectivity index (χ4n) is 1.45. The van der Waals surface area contributed by atoms with E-state index in [1.807, 2.05) is 16.3 Å².